The van der Waals surface area contributed by atoms with Gasteiger partial charge in [-0.3, -0.25) is 5.10 Å². The van der Waals surface area contributed by atoms with Crippen LogP contribution in [0.2, 0.25) is 0 Å². The van der Waals surface area contributed by atoms with Crippen LogP contribution in [-0.2, 0) is 0 Å². The van der Waals surface area contributed by atoms with Crippen LogP contribution in [0.5, 0.6) is 0 Å². The van der Waals surface area contributed by atoms with Gasteiger partial charge < -0.3 is 0 Å². The second kappa shape index (κ2) is 4.80. The minimum atomic E-state index is 1.14. The van der Waals surface area contributed by atoms with Crippen molar-refractivity contribution < 1.29 is 0 Å². The Labute approximate surface area is 86.2 Å². The Hall–Kier alpha value is -2.30. The van der Waals surface area contributed by atoms with Crippen molar-refractivity contribution in [3.8, 4) is 0 Å². The van der Waals surface area contributed by atoms with E-state index in [-0.39, 0.29) is 0 Å². The van der Waals surface area contributed by atoms with E-state index in [9.17, 15) is 0 Å². The molecule has 0 saturated heterocycles. The van der Waals surface area contributed by atoms with Crippen LogP contribution in [0, 0.1) is 0 Å². The summed E-state index contributed by atoms with van der Waals surface area (Å²) in [5.41, 5.74) is 0. The minimum absolute atomic E-state index is 1.14. The summed E-state index contributed by atoms with van der Waals surface area (Å²) in [5, 5.41) is 19.1. The molecule has 0 radical (unpaired) electrons. The van der Waals surface area contributed by atoms with Crippen molar-refractivity contribution in [3.05, 3.63) is 49.1 Å². The zero-order chi connectivity index (χ0) is 10.3. The lowest BCUT2D eigenvalue weighted by atomic mass is 10.2. The maximum atomic E-state index is 3.76. The van der Waals surface area contributed by atoms with Gasteiger partial charge >= 0.3 is 0 Å². The molecule has 0 spiro atoms. The number of nitrogens with zero attached hydrogens (tertiary/aromatic N) is 4. The minimum Gasteiger partial charge on any atom is -0.266 e. The number of H-pyrrole nitrogens is 1. The third kappa shape index (κ3) is 2.57. The Morgan fingerprint density at radius 3 is 1.93 bits per heavy atom. The Kier molecular flexibility index (Phi) is 2.97. The number of aromatic amines is 1. The summed E-state index contributed by atoms with van der Waals surface area (Å²) in [5.74, 6) is 0. The normalized spacial score (nSPS) is 9.33. The van der Waals surface area contributed by atoms with E-state index in [1.807, 2.05) is 24.3 Å². The van der Waals surface area contributed by atoms with Crippen molar-refractivity contribution >= 4 is 10.8 Å². The van der Waals surface area contributed by atoms with Crippen LogP contribution < -0.4 is 0 Å². The lowest BCUT2D eigenvalue weighted by Crippen LogP contribution is -1.77. The van der Waals surface area contributed by atoms with Crippen molar-refractivity contribution in [3.63, 3.8) is 0 Å². The fraction of sp³-hybridized carbons (Fsp3) is 0. The van der Waals surface area contributed by atoms with Crippen molar-refractivity contribution in [2.75, 3.05) is 0 Å². The molecule has 0 bridgehead atoms. The molecule has 0 unspecified atom stereocenters. The molecule has 0 aliphatic heterocycles. The fourth-order valence-corrected chi connectivity index (χ4v) is 1.10. The van der Waals surface area contributed by atoms with Crippen molar-refractivity contribution in [1.82, 2.24) is 25.6 Å². The molecule has 3 rings (SSSR count). The molecule has 2 heterocycles. The zero-order valence-electron chi connectivity index (χ0n) is 7.91. The quantitative estimate of drug-likeness (QED) is 0.594. The van der Waals surface area contributed by atoms with Crippen molar-refractivity contribution in [2.24, 2.45) is 0 Å². The highest BCUT2D eigenvalue weighted by Crippen LogP contribution is 2.08. The van der Waals surface area contributed by atoms with Gasteiger partial charge in [-0.25, -0.2) is 0 Å². The summed E-state index contributed by atoms with van der Waals surface area (Å²) in [4.78, 5) is 0. The van der Waals surface area contributed by atoms with Gasteiger partial charge in [0.05, 0.1) is 18.6 Å². The average molecular weight is 199 g/mol. The number of hydrogen-bond acceptors (Lipinski definition) is 4. The highest BCUT2D eigenvalue weighted by atomic mass is 15.3. The van der Waals surface area contributed by atoms with Gasteiger partial charge in [0, 0.05) is 17.0 Å². The number of aromatic nitrogens is 5. The second-order valence-corrected chi connectivity index (χ2v) is 2.78. The smallest absolute Gasteiger partial charge is 0.0690 e. The molecule has 74 valence electrons. The lowest BCUT2D eigenvalue weighted by Gasteiger charge is -1.90. The van der Waals surface area contributed by atoms with Crippen LogP contribution in [0.25, 0.3) is 10.8 Å². The molecule has 0 amide bonds. The Morgan fingerprint density at radius 1 is 0.867 bits per heavy atom. The molecule has 3 aromatic rings. The summed E-state index contributed by atoms with van der Waals surface area (Å²) in [6.07, 6.45) is 6.75. The first-order valence-corrected chi connectivity index (χ1v) is 4.42. The molecule has 1 N–H and O–H groups in total. The number of nitrogens with one attached hydrogen (secondary N) is 1. The predicted octanol–water partition coefficient (Wildman–Crippen LogP) is 1.43. The summed E-state index contributed by atoms with van der Waals surface area (Å²) in [6.45, 7) is 0. The molecule has 5 heteroatoms. The fourth-order valence-electron chi connectivity index (χ4n) is 1.10. The van der Waals surface area contributed by atoms with Crippen LogP contribution in [0.4, 0.5) is 0 Å². The molecular weight excluding hydrogens is 190 g/mol. The van der Waals surface area contributed by atoms with Crippen LogP contribution in [-0.4, -0.2) is 25.6 Å². The maximum absolute atomic E-state index is 3.76. The maximum Gasteiger partial charge on any atom is 0.0690 e. The number of rotatable bonds is 0. The van der Waals surface area contributed by atoms with Gasteiger partial charge in [0.15, 0.2) is 0 Å². The van der Waals surface area contributed by atoms with Crippen LogP contribution in [0.3, 0.4) is 0 Å². The third-order valence-electron chi connectivity index (χ3n) is 1.79. The molecule has 1 aromatic carbocycles. The van der Waals surface area contributed by atoms with Gasteiger partial charge in [0.1, 0.15) is 0 Å². The first-order valence-electron chi connectivity index (χ1n) is 4.42. The number of benzene rings is 1. The topological polar surface area (TPSA) is 67.3 Å². The van der Waals surface area contributed by atoms with Gasteiger partial charge in [-0.15, -0.1) is 5.10 Å². The van der Waals surface area contributed by atoms with Crippen LogP contribution in [0.1, 0.15) is 0 Å². The third-order valence-corrected chi connectivity index (χ3v) is 1.79. The molecule has 0 fully saturated rings. The van der Waals surface area contributed by atoms with E-state index < -0.39 is 0 Å². The largest absolute Gasteiger partial charge is 0.266 e. The zero-order valence-corrected chi connectivity index (χ0v) is 7.91. The van der Waals surface area contributed by atoms with E-state index in [1.54, 1.807) is 24.8 Å². The van der Waals surface area contributed by atoms with E-state index >= 15 is 0 Å². The van der Waals surface area contributed by atoms with Crippen molar-refractivity contribution in [2.45, 2.75) is 0 Å². The number of hydrogen-bond donors (Lipinski definition) is 1. The van der Waals surface area contributed by atoms with Gasteiger partial charge in [0.2, 0.25) is 0 Å². The van der Waals surface area contributed by atoms with E-state index in [0.717, 1.165) is 10.8 Å². The van der Waals surface area contributed by atoms with E-state index in [0.29, 0.717) is 0 Å². The second-order valence-electron chi connectivity index (χ2n) is 2.78. The average Bonchev–Trinajstić information content (AvgIpc) is 2.88. The molecule has 0 saturated carbocycles. The predicted molar refractivity (Wildman–Crippen MR) is 55.9 cm³/mol. The van der Waals surface area contributed by atoms with E-state index in [1.165, 1.54) is 0 Å². The van der Waals surface area contributed by atoms with Crippen LogP contribution in [0.15, 0.2) is 49.1 Å². The lowest BCUT2D eigenvalue weighted by molar-refractivity contribution is 0.940. The molecule has 15 heavy (non-hydrogen) atoms. The van der Waals surface area contributed by atoms with Gasteiger partial charge in [-0.05, 0) is 0 Å². The standard InChI is InChI=1S/C8H6N2.C2H3N3/c1-2-4-8-6-10-9-5-7(8)3-1;1-2-4-5-3-1/h1-6H;1-2H,(H,3,4,5). The van der Waals surface area contributed by atoms with Gasteiger partial charge in [-0.2, -0.15) is 10.2 Å². The molecule has 0 aliphatic carbocycles. The summed E-state index contributed by atoms with van der Waals surface area (Å²) in [7, 11) is 0. The number of fused-ring (bicyclic) bond motifs is 1. The SMILES string of the molecule is c1c[nH]nn1.c1ccc2cnncc2c1. The van der Waals surface area contributed by atoms with Gasteiger partial charge in [-0.1, -0.05) is 29.5 Å². The summed E-state index contributed by atoms with van der Waals surface area (Å²) in [6, 6.07) is 8.02. The Morgan fingerprint density at radius 2 is 1.53 bits per heavy atom. The van der Waals surface area contributed by atoms with Crippen molar-refractivity contribution in [1.29, 1.82) is 0 Å². The monoisotopic (exact) mass is 199 g/mol. The molecule has 0 atom stereocenters. The first-order chi connectivity index (χ1) is 7.47. The molecular formula is C10H9N5. The Bertz CT molecular complexity index is 423. The van der Waals surface area contributed by atoms with Crippen LogP contribution >= 0.6 is 0 Å². The van der Waals surface area contributed by atoms with E-state index in [4.69, 9.17) is 0 Å². The Balaban J connectivity index is 0.000000144. The van der Waals surface area contributed by atoms with E-state index in [2.05, 4.69) is 25.6 Å². The summed E-state index contributed by atoms with van der Waals surface area (Å²) >= 11 is 0. The highest BCUT2D eigenvalue weighted by Gasteiger charge is 1.87. The summed E-state index contributed by atoms with van der Waals surface area (Å²) < 4.78 is 0. The molecule has 0 aliphatic rings. The highest BCUT2D eigenvalue weighted by molar-refractivity contribution is 5.80. The molecule has 5 nitrogen and oxygen atoms in total. The van der Waals surface area contributed by atoms with Gasteiger partial charge in [0.25, 0.3) is 0 Å². The first kappa shape index (κ1) is 9.26. The molecule has 2 aromatic heterocycles.